The zero-order valence-electron chi connectivity index (χ0n) is 13.6. The maximum absolute atomic E-state index is 12.5. The van der Waals surface area contributed by atoms with Crippen molar-refractivity contribution in [1.29, 1.82) is 0 Å². The Morgan fingerprint density at radius 3 is 3.08 bits per heavy atom. The first kappa shape index (κ1) is 15.3. The normalized spacial score (nSPS) is 26.4. The average molecular weight is 328 g/mol. The molecule has 0 N–H and O–H groups in total. The third kappa shape index (κ3) is 3.03. The van der Waals surface area contributed by atoms with E-state index in [0.29, 0.717) is 24.1 Å². The summed E-state index contributed by atoms with van der Waals surface area (Å²) < 4.78 is 11.3. The molecule has 2 aliphatic rings. The summed E-state index contributed by atoms with van der Waals surface area (Å²) in [5.41, 5.74) is 0.812. The van der Waals surface area contributed by atoms with E-state index in [-0.39, 0.29) is 18.1 Å². The third-order valence-corrected chi connectivity index (χ3v) is 4.75. The molecular formula is C17H20N4O3. The molecule has 2 fully saturated rings. The molecule has 2 aromatic rings. The van der Waals surface area contributed by atoms with Gasteiger partial charge in [0.1, 0.15) is 6.10 Å². The van der Waals surface area contributed by atoms with Crippen LogP contribution in [0.3, 0.4) is 0 Å². The quantitative estimate of drug-likeness (QED) is 0.853. The Kier molecular flexibility index (Phi) is 4.02. The van der Waals surface area contributed by atoms with Gasteiger partial charge in [-0.15, -0.1) is 0 Å². The van der Waals surface area contributed by atoms with E-state index < -0.39 is 0 Å². The van der Waals surface area contributed by atoms with Gasteiger partial charge in [0.05, 0.1) is 12.5 Å². The number of pyridine rings is 1. The van der Waals surface area contributed by atoms with E-state index in [1.807, 2.05) is 23.1 Å². The number of hydrogen-bond donors (Lipinski definition) is 0. The molecule has 2 aliphatic heterocycles. The Morgan fingerprint density at radius 2 is 2.33 bits per heavy atom. The Morgan fingerprint density at radius 1 is 1.42 bits per heavy atom. The summed E-state index contributed by atoms with van der Waals surface area (Å²) in [5, 5.41) is 3.83. The second-order valence-corrected chi connectivity index (χ2v) is 6.47. The lowest BCUT2D eigenvalue weighted by Gasteiger charge is -2.34. The molecule has 2 aromatic heterocycles. The minimum Gasteiger partial charge on any atom is -0.365 e. The van der Waals surface area contributed by atoms with Crippen molar-refractivity contribution in [2.75, 3.05) is 13.1 Å². The van der Waals surface area contributed by atoms with Gasteiger partial charge < -0.3 is 14.2 Å². The highest BCUT2D eigenvalue weighted by Crippen LogP contribution is 2.40. The molecule has 3 atom stereocenters. The van der Waals surface area contributed by atoms with Crippen molar-refractivity contribution in [2.45, 2.75) is 38.4 Å². The first-order valence-corrected chi connectivity index (χ1v) is 8.32. The monoisotopic (exact) mass is 328 g/mol. The van der Waals surface area contributed by atoms with E-state index in [1.54, 1.807) is 13.1 Å². The van der Waals surface area contributed by atoms with Gasteiger partial charge in [0.2, 0.25) is 5.91 Å². The molecule has 4 heterocycles. The van der Waals surface area contributed by atoms with Gasteiger partial charge in [-0.2, -0.15) is 4.98 Å². The number of carbonyl (C=O) groups is 1. The standard InChI is InChI=1S/C17H20N4O3/c1-11-19-17(24-20-11)15-8-12-10-21(7-5-14(12)23-15)16(22)9-13-4-2-3-6-18-13/h2-4,6,12,14-15H,5,7-10H2,1H3/t12-,14-,15+/m1/s1. The Hall–Kier alpha value is -2.28. The topological polar surface area (TPSA) is 81.4 Å². The summed E-state index contributed by atoms with van der Waals surface area (Å²) in [7, 11) is 0. The fourth-order valence-corrected chi connectivity index (χ4v) is 3.56. The lowest BCUT2D eigenvalue weighted by Crippen LogP contribution is -2.45. The number of likely N-dealkylation sites (tertiary alicyclic amines) is 1. The molecular weight excluding hydrogens is 308 g/mol. The van der Waals surface area contributed by atoms with E-state index >= 15 is 0 Å². The Labute approximate surface area is 140 Å². The number of ether oxygens (including phenoxy) is 1. The maximum Gasteiger partial charge on any atom is 0.255 e. The van der Waals surface area contributed by atoms with Crippen LogP contribution >= 0.6 is 0 Å². The molecule has 1 amide bonds. The number of aryl methyl sites for hydroxylation is 1. The van der Waals surface area contributed by atoms with Crippen LogP contribution < -0.4 is 0 Å². The van der Waals surface area contributed by atoms with Crippen LogP contribution in [-0.4, -0.2) is 45.1 Å². The van der Waals surface area contributed by atoms with E-state index in [9.17, 15) is 4.79 Å². The number of fused-ring (bicyclic) bond motifs is 1. The van der Waals surface area contributed by atoms with Crippen LogP contribution in [0.2, 0.25) is 0 Å². The molecule has 0 bridgehead atoms. The van der Waals surface area contributed by atoms with Gasteiger partial charge in [0.25, 0.3) is 5.89 Å². The highest BCUT2D eigenvalue weighted by atomic mass is 16.5. The summed E-state index contributed by atoms with van der Waals surface area (Å²) in [6.45, 7) is 3.25. The smallest absolute Gasteiger partial charge is 0.255 e. The highest BCUT2D eigenvalue weighted by molar-refractivity contribution is 5.78. The third-order valence-electron chi connectivity index (χ3n) is 4.75. The molecule has 0 spiro atoms. The van der Waals surface area contributed by atoms with Crippen molar-refractivity contribution in [3.8, 4) is 0 Å². The molecule has 0 aliphatic carbocycles. The van der Waals surface area contributed by atoms with Gasteiger partial charge in [-0.1, -0.05) is 11.2 Å². The molecule has 0 radical (unpaired) electrons. The maximum atomic E-state index is 12.5. The van der Waals surface area contributed by atoms with E-state index in [4.69, 9.17) is 9.26 Å². The number of hydrogen-bond acceptors (Lipinski definition) is 6. The Bertz CT molecular complexity index is 718. The lowest BCUT2D eigenvalue weighted by molar-refractivity contribution is -0.133. The van der Waals surface area contributed by atoms with Crippen molar-refractivity contribution >= 4 is 5.91 Å². The molecule has 0 saturated carbocycles. The van der Waals surface area contributed by atoms with Crippen molar-refractivity contribution in [3.63, 3.8) is 0 Å². The summed E-state index contributed by atoms with van der Waals surface area (Å²) in [5.74, 6) is 1.62. The zero-order chi connectivity index (χ0) is 16.5. The van der Waals surface area contributed by atoms with E-state index in [2.05, 4.69) is 15.1 Å². The molecule has 0 unspecified atom stereocenters. The highest BCUT2D eigenvalue weighted by Gasteiger charge is 2.42. The molecule has 0 aromatic carbocycles. The molecule has 7 heteroatoms. The second-order valence-electron chi connectivity index (χ2n) is 6.47. The van der Waals surface area contributed by atoms with Gasteiger partial charge in [-0.05, 0) is 31.9 Å². The van der Waals surface area contributed by atoms with Crippen molar-refractivity contribution < 1.29 is 14.1 Å². The predicted molar refractivity (Wildman–Crippen MR) is 83.9 cm³/mol. The number of piperidine rings is 1. The van der Waals surface area contributed by atoms with Crippen molar-refractivity contribution in [2.24, 2.45) is 5.92 Å². The molecule has 4 rings (SSSR count). The summed E-state index contributed by atoms with van der Waals surface area (Å²) in [6.07, 6.45) is 3.76. The Balaban J connectivity index is 1.38. The van der Waals surface area contributed by atoms with Crippen LogP contribution in [-0.2, 0) is 16.0 Å². The number of aromatic nitrogens is 3. The van der Waals surface area contributed by atoms with Gasteiger partial charge in [0, 0.05) is 30.9 Å². The lowest BCUT2D eigenvalue weighted by atomic mass is 9.92. The second kappa shape index (κ2) is 6.32. The number of rotatable bonds is 3. The van der Waals surface area contributed by atoms with Crippen LogP contribution in [0.25, 0.3) is 0 Å². The molecule has 24 heavy (non-hydrogen) atoms. The molecule has 2 saturated heterocycles. The minimum absolute atomic E-state index is 0.129. The fraction of sp³-hybridized carbons (Fsp3) is 0.529. The summed E-state index contributed by atoms with van der Waals surface area (Å²) in [6, 6.07) is 5.65. The molecule has 126 valence electrons. The van der Waals surface area contributed by atoms with Crippen LogP contribution in [0, 0.1) is 12.8 Å². The summed E-state index contributed by atoms with van der Waals surface area (Å²) in [4.78, 5) is 22.9. The van der Waals surface area contributed by atoms with Crippen LogP contribution in [0.15, 0.2) is 28.9 Å². The van der Waals surface area contributed by atoms with Gasteiger partial charge >= 0.3 is 0 Å². The first-order chi connectivity index (χ1) is 11.7. The summed E-state index contributed by atoms with van der Waals surface area (Å²) >= 11 is 0. The number of carbonyl (C=O) groups excluding carboxylic acids is 1. The average Bonchev–Trinajstić information content (AvgIpc) is 3.20. The van der Waals surface area contributed by atoms with Crippen LogP contribution in [0.1, 0.15) is 36.4 Å². The van der Waals surface area contributed by atoms with E-state index in [1.165, 1.54) is 0 Å². The minimum atomic E-state index is -0.146. The first-order valence-electron chi connectivity index (χ1n) is 8.32. The van der Waals surface area contributed by atoms with Crippen LogP contribution in [0.4, 0.5) is 0 Å². The predicted octanol–water partition coefficient (Wildman–Crippen LogP) is 1.69. The number of amides is 1. The fourth-order valence-electron chi connectivity index (χ4n) is 3.56. The largest absolute Gasteiger partial charge is 0.365 e. The van der Waals surface area contributed by atoms with Crippen LogP contribution in [0.5, 0.6) is 0 Å². The van der Waals surface area contributed by atoms with Gasteiger partial charge in [0.15, 0.2) is 5.82 Å². The van der Waals surface area contributed by atoms with E-state index in [0.717, 1.165) is 31.6 Å². The van der Waals surface area contributed by atoms with Crippen molar-refractivity contribution in [3.05, 3.63) is 41.8 Å². The van der Waals surface area contributed by atoms with Gasteiger partial charge in [-0.3, -0.25) is 9.78 Å². The SMILES string of the molecule is Cc1noc([C@@H]2C[C@@H]3CN(C(=O)Cc4ccccn4)CC[C@H]3O2)n1. The van der Waals surface area contributed by atoms with Gasteiger partial charge in [-0.25, -0.2) is 0 Å². The zero-order valence-corrected chi connectivity index (χ0v) is 13.6. The number of nitrogens with zero attached hydrogens (tertiary/aromatic N) is 4. The molecule has 7 nitrogen and oxygen atoms in total. The van der Waals surface area contributed by atoms with Crippen molar-refractivity contribution in [1.82, 2.24) is 20.0 Å².